The van der Waals surface area contributed by atoms with Gasteiger partial charge in [0.05, 0.1) is 0 Å². The molecule has 0 radical (unpaired) electrons. The second kappa shape index (κ2) is 13.6. The van der Waals surface area contributed by atoms with Gasteiger partial charge in [-0.2, -0.15) is 0 Å². The van der Waals surface area contributed by atoms with Crippen LogP contribution in [-0.2, 0) is 21.7 Å². The molecule has 0 amide bonds. The van der Waals surface area contributed by atoms with Crippen LogP contribution in [-0.4, -0.2) is 37.3 Å². The Bertz CT molecular complexity index is 780. The van der Waals surface area contributed by atoms with E-state index in [0.717, 1.165) is 13.0 Å². The van der Waals surface area contributed by atoms with Crippen LogP contribution in [0.2, 0.25) is 0 Å². The molecule has 0 fully saturated rings. The van der Waals surface area contributed by atoms with Crippen LogP contribution in [0.15, 0.2) is 54.1 Å². The normalized spacial score (nSPS) is 12.7. The van der Waals surface area contributed by atoms with E-state index >= 15 is 0 Å². The molecule has 0 saturated heterocycles. The van der Waals surface area contributed by atoms with Gasteiger partial charge in [0.2, 0.25) is 0 Å². The molecule has 0 heterocycles. The topological polar surface area (TPSA) is 23.5 Å². The molecule has 0 bridgehead atoms. The van der Waals surface area contributed by atoms with Gasteiger partial charge in [-0.1, -0.05) is 67.7 Å². The Morgan fingerprint density at radius 3 is 2.21 bits per heavy atom. The van der Waals surface area contributed by atoms with Crippen LogP contribution in [0.25, 0.3) is 16.3 Å². The summed E-state index contributed by atoms with van der Waals surface area (Å²) in [6.07, 6.45) is 5.52. The first-order valence-electron chi connectivity index (χ1n) is 8.86. The van der Waals surface area contributed by atoms with Crippen molar-refractivity contribution < 1.29 is 26.8 Å². The molecule has 3 rings (SSSR count). The van der Waals surface area contributed by atoms with Gasteiger partial charge in [0.15, 0.2) is 0 Å². The fourth-order valence-electron chi connectivity index (χ4n) is 2.61. The van der Waals surface area contributed by atoms with E-state index in [-0.39, 0.29) is 58.6 Å². The molecule has 1 N–H and O–H groups in total. The molecular formula is C23H32Cl2NOTi-. The van der Waals surface area contributed by atoms with E-state index in [0.29, 0.717) is 0 Å². The number of allylic oxidation sites excluding steroid dienone is 2. The van der Waals surface area contributed by atoms with Crippen LogP contribution in [0.1, 0.15) is 32.8 Å². The van der Waals surface area contributed by atoms with Gasteiger partial charge in [-0.25, -0.2) is 0 Å². The molecule has 0 atom stereocenters. The minimum atomic E-state index is 0. The number of hydrogen-bond donors (Lipinski definition) is 1. The summed E-state index contributed by atoms with van der Waals surface area (Å²) in [5, 5.41) is 10.9. The standard InChI is InChI=1S/C18H18N.C5H12O.2ClH.Ti/c1-19(2)13-17-8-5-9-18(17)16-11-10-14-6-3-4-7-15(14)12-16;1-5(2,3)4-6;;;/h3-8,10-11H,9,13H2,1-2H3;6H,4H2,1-3H3;2*1H;/q-1;;;;. The van der Waals surface area contributed by atoms with Crippen molar-refractivity contribution in [2.45, 2.75) is 27.2 Å². The predicted octanol–water partition coefficient (Wildman–Crippen LogP) is 5.78. The van der Waals surface area contributed by atoms with Crippen molar-refractivity contribution in [3.05, 3.63) is 65.8 Å². The first kappa shape index (κ1) is 29.6. The number of halogens is 2. The zero-order valence-electron chi connectivity index (χ0n) is 17.5. The monoisotopic (exact) mass is 456 g/mol. The Labute approximate surface area is 197 Å². The second-order valence-electron chi connectivity index (χ2n) is 8.03. The van der Waals surface area contributed by atoms with Crippen LogP contribution >= 0.6 is 24.8 Å². The van der Waals surface area contributed by atoms with Crippen molar-refractivity contribution in [2.75, 3.05) is 27.2 Å². The Morgan fingerprint density at radius 1 is 1.04 bits per heavy atom. The van der Waals surface area contributed by atoms with E-state index in [4.69, 9.17) is 5.11 Å². The molecule has 5 heteroatoms. The summed E-state index contributed by atoms with van der Waals surface area (Å²) in [4.78, 5) is 2.21. The number of aliphatic hydroxyl groups excluding tert-OH is 1. The summed E-state index contributed by atoms with van der Waals surface area (Å²) in [6.45, 7) is 7.24. The third kappa shape index (κ3) is 9.26. The van der Waals surface area contributed by atoms with Crippen LogP contribution in [0.5, 0.6) is 0 Å². The number of aliphatic hydroxyl groups is 1. The fraction of sp³-hybridized carbons (Fsp3) is 0.391. The SMILES string of the molecule is CC(C)(C)CO.CN(C)CC1=C(c2[c-]c3ccccc3cc2)CC=C1.Cl.Cl.[Ti]. The number of likely N-dealkylation sites (N-methyl/N-ethyl adjacent to an activating group) is 1. The van der Waals surface area contributed by atoms with Gasteiger partial charge in [-0.15, -0.1) is 60.0 Å². The van der Waals surface area contributed by atoms with Gasteiger partial charge in [-0.05, 0) is 25.9 Å². The quantitative estimate of drug-likeness (QED) is 0.467. The fourth-order valence-corrected chi connectivity index (χ4v) is 2.61. The van der Waals surface area contributed by atoms with E-state index in [1.165, 1.54) is 27.5 Å². The zero-order chi connectivity index (χ0) is 18.4. The minimum Gasteiger partial charge on any atom is -0.396 e. The van der Waals surface area contributed by atoms with Crippen LogP contribution in [0.3, 0.4) is 0 Å². The number of fused-ring (bicyclic) bond motifs is 1. The summed E-state index contributed by atoms with van der Waals surface area (Å²) in [5.74, 6) is 0. The largest absolute Gasteiger partial charge is 0.396 e. The summed E-state index contributed by atoms with van der Waals surface area (Å²) >= 11 is 0. The van der Waals surface area contributed by atoms with Crippen molar-refractivity contribution in [2.24, 2.45) is 5.41 Å². The van der Waals surface area contributed by atoms with Gasteiger partial charge < -0.3 is 10.0 Å². The van der Waals surface area contributed by atoms with E-state index in [1.54, 1.807) is 0 Å². The maximum Gasteiger partial charge on any atom is 0.0479 e. The third-order valence-corrected chi connectivity index (χ3v) is 3.97. The zero-order valence-corrected chi connectivity index (χ0v) is 20.6. The first-order chi connectivity index (χ1) is 11.8. The third-order valence-electron chi connectivity index (χ3n) is 3.97. The molecule has 2 aromatic carbocycles. The Hall–Kier alpha value is -0.606. The molecule has 1 aliphatic rings. The van der Waals surface area contributed by atoms with Crippen LogP contribution < -0.4 is 0 Å². The summed E-state index contributed by atoms with van der Waals surface area (Å²) in [7, 11) is 4.22. The van der Waals surface area contributed by atoms with Crippen LogP contribution in [0, 0.1) is 11.5 Å². The van der Waals surface area contributed by atoms with Gasteiger partial charge in [0, 0.05) is 34.9 Å². The van der Waals surface area contributed by atoms with E-state index in [1.807, 2.05) is 20.8 Å². The summed E-state index contributed by atoms with van der Waals surface area (Å²) in [6, 6.07) is 16.4. The summed E-state index contributed by atoms with van der Waals surface area (Å²) in [5.41, 5.74) is 4.16. The van der Waals surface area contributed by atoms with E-state index in [2.05, 4.69) is 73.6 Å². The van der Waals surface area contributed by atoms with Crippen molar-refractivity contribution in [3.8, 4) is 0 Å². The molecule has 0 aliphatic heterocycles. The predicted molar refractivity (Wildman–Crippen MR) is 123 cm³/mol. The van der Waals surface area contributed by atoms with Gasteiger partial charge in [0.1, 0.15) is 0 Å². The van der Waals surface area contributed by atoms with E-state index < -0.39 is 0 Å². The van der Waals surface area contributed by atoms with Gasteiger partial charge in [-0.3, -0.25) is 0 Å². The molecular weight excluding hydrogens is 425 g/mol. The van der Waals surface area contributed by atoms with Gasteiger partial charge in [0.25, 0.3) is 0 Å². The number of rotatable bonds is 3. The number of hydrogen-bond acceptors (Lipinski definition) is 2. The molecule has 0 aromatic heterocycles. The van der Waals surface area contributed by atoms with E-state index in [9.17, 15) is 0 Å². The van der Waals surface area contributed by atoms with Crippen molar-refractivity contribution in [1.29, 1.82) is 0 Å². The Kier molecular flexibility index (Phi) is 14.4. The summed E-state index contributed by atoms with van der Waals surface area (Å²) < 4.78 is 0. The maximum absolute atomic E-state index is 8.40. The van der Waals surface area contributed by atoms with Gasteiger partial charge >= 0.3 is 0 Å². The molecule has 28 heavy (non-hydrogen) atoms. The maximum atomic E-state index is 8.40. The molecule has 0 unspecified atom stereocenters. The smallest absolute Gasteiger partial charge is 0.0479 e. The average molecular weight is 457 g/mol. The number of nitrogens with zero attached hydrogens (tertiary/aromatic N) is 1. The van der Waals surface area contributed by atoms with Crippen molar-refractivity contribution in [1.82, 2.24) is 4.90 Å². The molecule has 0 spiro atoms. The molecule has 154 valence electrons. The molecule has 2 nitrogen and oxygen atoms in total. The molecule has 2 aromatic rings. The van der Waals surface area contributed by atoms with Crippen LogP contribution in [0.4, 0.5) is 0 Å². The Morgan fingerprint density at radius 2 is 1.64 bits per heavy atom. The average Bonchev–Trinajstić information content (AvgIpc) is 3.01. The second-order valence-corrected chi connectivity index (χ2v) is 8.03. The molecule has 1 aliphatic carbocycles. The first-order valence-corrected chi connectivity index (χ1v) is 8.86. The Balaban J connectivity index is 0. The minimum absolute atomic E-state index is 0. The number of benzene rings is 2. The van der Waals surface area contributed by atoms with Crippen molar-refractivity contribution in [3.63, 3.8) is 0 Å². The van der Waals surface area contributed by atoms with Crippen molar-refractivity contribution >= 4 is 41.2 Å². The molecule has 0 saturated carbocycles.